The van der Waals surface area contributed by atoms with Crippen LogP contribution in [0.25, 0.3) is 11.3 Å². The van der Waals surface area contributed by atoms with E-state index in [1.165, 1.54) is 20.3 Å². The van der Waals surface area contributed by atoms with E-state index in [0.717, 1.165) is 11.3 Å². The summed E-state index contributed by atoms with van der Waals surface area (Å²) in [5.74, 6) is 1.22. The summed E-state index contributed by atoms with van der Waals surface area (Å²) >= 11 is 6.27. The summed E-state index contributed by atoms with van der Waals surface area (Å²) in [5, 5.41) is 4.09. The lowest BCUT2D eigenvalue weighted by atomic mass is 10.1. The molecule has 3 aromatic rings. The predicted molar refractivity (Wildman–Crippen MR) is 112 cm³/mol. The van der Waals surface area contributed by atoms with Crippen molar-refractivity contribution in [1.29, 1.82) is 0 Å². The zero-order valence-corrected chi connectivity index (χ0v) is 18.2. The van der Waals surface area contributed by atoms with Crippen LogP contribution in [0.15, 0.2) is 39.8 Å². The molecule has 0 spiro atoms. The molecule has 29 heavy (non-hydrogen) atoms. The number of nitrogens with one attached hydrogen (secondary N) is 1. The Morgan fingerprint density at radius 3 is 2.38 bits per heavy atom. The fourth-order valence-electron chi connectivity index (χ4n) is 2.84. The summed E-state index contributed by atoms with van der Waals surface area (Å²) in [7, 11) is -1.07. The molecule has 154 valence electrons. The van der Waals surface area contributed by atoms with Gasteiger partial charge in [0.25, 0.3) is 10.0 Å². The molecule has 0 aliphatic heterocycles. The Morgan fingerprint density at radius 2 is 1.79 bits per heavy atom. The maximum absolute atomic E-state index is 13.2. The molecule has 0 saturated heterocycles. The zero-order valence-electron chi connectivity index (χ0n) is 16.7. The van der Waals surface area contributed by atoms with Gasteiger partial charge in [0.1, 0.15) is 17.2 Å². The third kappa shape index (κ3) is 4.04. The van der Waals surface area contributed by atoms with Gasteiger partial charge >= 0.3 is 0 Å². The van der Waals surface area contributed by atoms with E-state index < -0.39 is 10.0 Å². The van der Waals surface area contributed by atoms with Gasteiger partial charge in [0.05, 0.1) is 29.8 Å². The first-order chi connectivity index (χ1) is 13.7. The number of hydrogen-bond acceptors (Lipinski definition) is 6. The summed E-state index contributed by atoms with van der Waals surface area (Å²) in [6, 6.07) is 8.12. The first kappa shape index (κ1) is 21.0. The van der Waals surface area contributed by atoms with E-state index in [1.54, 1.807) is 31.2 Å². The van der Waals surface area contributed by atoms with Gasteiger partial charge in [-0.25, -0.2) is 8.42 Å². The second-order valence-electron chi connectivity index (χ2n) is 6.49. The van der Waals surface area contributed by atoms with Crippen molar-refractivity contribution < 1.29 is 22.4 Å². The van der Waals surface area contributed by atoms with E-state index in [1.807, 2.05) is 13.8 Å². The first-order valence-corrected chi connectivity index (χ1v) is 10.5. The Morgan fingerprint density at radius 1 is 1.07 bits per heavy atom. The average molecular weight is 437 g/mol. The number of anilines is 1. The Balaban J connectivity index is 2.07. The Kier molecular flexibility index (Phi) is 5.77. The SMILES string of the molecule is COc1cc(Cl)c(NS(=O)(=O)c2cc(-c3onc(C)c3C)ccc2C)c(OC)c1. The number of nitrogens with zero attached hydrogens (tertiary/aromatic N) is 1. The molecule has 0 saturated carbocycles. The minimum atomic E-state index is -3.97. The summed E-state index contributed by atoms with van der Waals surface area (Å²) in [5.41, 5.74) is 2.91. The minimum absolute atomic E-state index is 0.0948. The topological polar surface area (TPSA) is 90.7 Å². The van der Waals surface area contributed by atoms with Gasteiger partial charge in [0, 0.05) is 23.3 Å². The fourth-order valence-corrected chi connectivity index (χ4v) is 4.51. The number of ether oxygens (including phenoxy) is 2. The summed E-state index contributed by atoms with van der Waals surface area (Å²) in [6.07, 6.45) is 0. The minimum Gasteiger partial charge on any atom is -0.497 e. The lowest BCUT2D eigenvalue weighted by Crippen LogP contribution is -2.15. The van der Waals surface area contributed by atoms with Gasteiger partial charge < -0.3 is 14.0 Å². The highest BCUT2D eigenvalue weighted by Crippen LogP contribution is 2.38. The van der Waals surface area contributed by atoms with E-state index in [2.05, 4.69) is 9.88 Å². The van der Waals surface area contributed by atoms with Gasteiger partial charge in [-0.15, -0.1) is 0 Å². The summed E-state index contributed by atoms with van der Waals surface area (Å²) in [6.45, 7) is 5.41. The van der Waals surface area contributed by atoms with Crippen LogP contribution in [0.5, 0.6) is 11.5 Å². The van der Waals surface area contributed by atoms with Crippen LogP contribution in [0.4, 0.5) is 5.69 Å². The maximum Gasteiger partial charge on any atom is 0.262 e. The molecule has 2 aromatic carbocycles. The lowest BCUT2D eigenvalue weighted by Gasteiger charge is -2.16. The van der Waals surface area contributed by atoms with Crippen molar-refractivity contribution >= 4 is 27.3 Å². The lowest BCUT2D eigenvalue weighted by molar-refractivity contribution is 0.395. The molecule has 0 amide bonds. The molecule has 1 heterocycles. The van der Waals surface area contributed by atoms with Gasteiger partial charge in [-0.05, 0) is 32.4 Å². The zero-order chi connectivity index (χ0) is 21.3. The van der Waals surface area contributed by atoms with Crippen LogP contribution < -0.4 is 14.2 Å². The van der Waals surface area contributed by atoms with Gasteiger partial charge in [-0.2, -0.15) is 0 Å². The quantitative estimate of drug-likeness (QED) is 0.600. The van der Waals surface area contributed by atoms with E-state index in [9.17, 15) is 8.42 Å². The molecule has 0 fully saturated rings. The number of aromatic nitrogens is 1. The standard InChI is InChI=1S/C20H21ClN2O5S/c1-11-6-7-14(20-12(2)13(3)22-28-20)8-18(11)29(24,25)23-19-16(21)9-15(26-4)10-17(19)27-5/h6-10,23H,1-5H3. The Bertz CT molecular complexity index is 1170. The van der Waals surface area contributed by atoms with Gasteiger partial charge in [-0.1, -0.05) is 28.9 Å². The molecule has 0 aliphatic carbocycles. The molecular formula is C20H21ClN2O5S. The fraction of sp³-hybridized carbons (Fsp3) is 0.250. The van der Waals surface area contributed by atoms with Crippen molar-refractivity contribution in [2.45, 2.75) is 25.7 Å². The van der Waals surface area contributed by atoms with Crippen LogP contribution in [0.1, 0.15) is 16.8 Å². The highest BCUT2D eigenvalue weighted by atomic mass is 35.5. The molecule has 0 aliphatic rings. The van der Waals surface area contributed by atoms with E-state index >= 15 is 0 Å². The first-order valence-electron chi connectivity index (χ1n) is 8.66. The van der Waals surface area contributed by atoms with Gasteiger partial charge in [0.2, 0.25) is 0 Å². The maximum atomic E-state index is 13.2. The second kappa shape index (κ2) is 7.96. The number of rotatable bonds is 6. The third-order valence-electron chi connectivity index (χ3n) is 4.62. The van der Waals surface area contributed by atoms with Crippen LogP contribution in [0.3, 0.4) is 0 Å². The highest BCUT2D eigenvalue weighted by Gasteiger charge is 2.23. The van der Waals surface area contributed by atoms with Crippen molar-refractivity contribution in [2.24, 2.45) is 0 Å². The normalized spacial score (nSPS) is 11.4. The molecule has 7 nitrogen and oxygen atoms in total. The van der Waals surface area contributed by atoms with Crippen LogP contribution >= 0.6 is 11.6 Å². The number of hydrogen-bond donors (Lipinski definition) is 1. The molecule has 3 rings (SSSR count). The van der Waals surface area contributed by atoms with Crippen LogP contribution in [-0.4, -0.2) is 27.8 Å². The molecule has 0 atom stereocenters. The molecule has 0 unspecified atom stereocenters. The molecule has 1 aromatic heterocycles. The summed E-state index contributed by atoms with van der Waals surface area (Å²) in [4.78, 5) is 0.0948. The second-order valence-corrected chi connectivity index (χ2v) is 8.55. The number of aryl methyl sites for hydroxylation is 2. The van der Waals surface area contributed by atoms with Gasteiger partial charge in [-0.3, -0.25) is 4.72 Å². The molecular weight excluding hydrogens is 416 g/mol. The van der Waals surface area contributed by atoms with Crippen molar-refractivity contribution in [3.05, 3.63) is 52.2 Å². The molecule has 1 N–H and O–H groups in total. The third-order valence-corrected chi connectivity index (χ3v) is 6.41. The van der Waals surface area contributed by atoms with Crippen molar-refractivity contribution in [3.63, 3.8) is 0 Å². The number of methoxy groups -OCH3 is 2. The van der Waals surface area contributed by atoms with E-state index in [0.29, 0.717) is 22.6 Å². The predicted octanol–water partition coefficient (Wildman–Crippen LogP) is 4.74. The Hall–Kier alpha value is -2.71. The average Bonchev–Trinajstić information content (AvgIpc) is 3.02. The number of benzene rings is 2. The van der Waals surface area contributed by atoms with Crippen LogP contribution in [-0.2, 0) is 10.0 Å². The van der Waals surface area contributed by atoms with E-state index in [-0.39, 0.29) is 21.4 Å². The Labute approximate surface area is 174 Å². The molecule has 0 bridgehead atoms. The van der Waals surface area contributed by atoms with Crippen LogP contribution in [0, 0.1) is 20.8 Å². The molecule has 0 radical (unpaired) electrons. The van der Waals surface area contributed by atoms with Crippen molar-refractivity contribution in [2.75, 3.05) is 18.9 Å². The van der Waals surface area contributed by atoms with Gasteiger partial charge in [0.15, 0.2) is 5.76 Å². The smallest absolute Gasteiger partial charge is 0.262 e. The molecule has 9 heteroatoms. The van der Waals surface area contributed by atoms with Crippen molar-refractivity contribution in [3.8, 4) is 22.8 Å². The number of sulfonamides is 1. The summed E-state index contributed by atoms with van der Waals surface area (Å²) < 4.78 is 44.7. The largest absolute Gasteiger partial charge is 0.497 e. The number of halogens is 1. The van der Waals surface area contributed by atoms with E-state index in [4.69, 9.17) is 25.6 Å². The monoisotopic (exact) mass is 436 g/mol. The highest BCUT2D eigenvalue weighted by molar-refractivity contribution is 7.92. The van der Waals surface area contributed by atoms with Crippen molar-refractivity contribution in [1.82, 2.24) is 5.16 Å². The van der Waals surface area contributed by atoms with Crippen LogP contribution in [0.2, 0.25) is 5.02 Å².